The Morgan fingerprint density at radius 2 is 1.86 bits per heavy atom. The lowest BCUT2D eigenvalue weighted by Gasteiger charge is -2.34. The van der Waals surface area contributed by atoms with Crippen molar-refractivity contribution in [3.8, 4) is 0 Å². The zero-order chi connectivity index (χ0) is 20.5. The van der Waals surface area contributed by atoms with Crippen LogP contribution < -0.4 is 5.32 Å². The van der Waals surface area contributed by atoms with Crippen LogP contribution in [0, 0.1) is 5.92 Å². The smallest absolute Gasteiger partial charge is 0.194 e. The second kappa shape index (κ2) is 11.6. The topological polar surface area (TPSA) is 40.1 Å². The van der Waals surface area contributed by atoms with Crippen LogP contribution in [0.25, 0.3) is 0 Å². The van der Waals surface area contributed by atoms with E-state index >= 15 is 0 Å². The fraction of sp³-hybridized carbons (Fsp3) is 0.708. The van der Waals surface area contributed by atoms with Crippen molar-refractivity contribution >= 4 is 5.96 Å². The number of likely N-dealkylation sites (tertiary alicyclic amines) is 2. The molecule has 5 heteroatoms. The van der Waals surface area contributed by atoms with Gasteiger partial charge in [-0.1, -0.05) is 31.2 Å². The minimum atomic E-state index is 0.409. The Hall–Kier alpha value is -1.59. The Bertz CT molecular complexity index is 640. The van der Waals surface area contributed by atoms with Crippen LogP contribution in [0.15, 0.2) is 29.3 Å². The molecule has 3 rings (SSSR count). The van der Waals surface area contributed by atoms with Gasteiger partial charge in [0.2, 0.25) is 0 Å². The molecule has 1 aromatic rings. The van der Waals surface area contributed by atoms with Gasteiger partial charge in [0.25, 0.3) is 0 Å². The average Bonchev–Trinajstić information content (AvgIpc) is 2.73. The Morgan fingerprint density at radius 3 is 2.55 bits per heavy atom. The predicted molar refractivity (Wildman–Crippen MR) is 121 cm³/mol. The molecule has 0 radical (unpaired) electrons. The Morgan fingerprint density at radius 1 is 1.10 bits per heavy atom. The zero-order valence-corrected chi connectivity index (χ0v) is 18.7. The maximum Gasteiger partial charge on any atom is 0.194 e. The number of piperidine rings is 2. The van der Waals surface area contributed by atoms with Gasteiger partial charge in [0.1, 0.15) is 0 Å². The quantitative estimate of drug-likeness (QED) is 0.557. The van der Waals surface area contributed by atoms with E-state index in [4.69, 9.17) is 9.73 Å². The van der Waals surface area contributed by atoms with Crippen LogP contribution in [-0.2, 0) is 17.8 Å². The van der Waals surface area contributed by atoms with Gasteiger partial charge in [-0.3, -0.25) is 4.90 Å². The van der Waals surface area contributed by atoms with Crippen molar-refractivity contribution in [2.45, 2.75) is 65.6 Å². The Balaban J connectivity index is 1.63. The highest BCUT2D eigenvalue weighted by atomic mass is 16.5. The van der Waals surface area contributed by atoms with Crippen LogP contribution in [-0.4, -0.2) is 61.2 Å². The minimum Gasteiger partial charge on any atom is -0.378 e. The Kier molecular flexibility index (Phi) is 8.81. The third kappa shape index (κ3) is 6.71. The lowest BCUT2D eigenvalue weighted by Crippen LogP contribution is -2.47. The fourth-order valence-corrected chi connectivity index (χ4v) is 4.59. The first kappa shape index (κ1) is 22.1. The predicted octanol–water partition coefficient (Wildman–Crippen LogP) is 3.88. The van der Waals surface area contributed by atoms with Crippen molar-refractivity contribution in [3.63, 3.8) is 0 Å². The van der Waals surface area contributed by atoms with Crippen molar-refractivity contribution in [2.75, 3.05) is 39.3 Å². The van der Waals surface area contributed by atoms with Gasteiger partial charge in [-0.25, -0.2) is 4.99 Å². The number of hydrogen-bond donors (Lipinski definition) is 1. The third-order valence-electron chi connectivity index (χ3n) is 6.13. The molecule has 1 atom stereocenters. The van der Waals surface area contributed by atoms with E-state index in [0.29, 0.717) is 6.10 Å². The zero-order valence-electron chi connectivity index (χ0n) is 18.7. The fourth-order valence-electron chi connectivity index (χ4n) is 4.59. The summed E-state index contributed by atoms with van der Waals surface area (Å²) >= 11 is 0. The minimum absolute atomic E-state index is 0.409. The maximum absolute atomic E-state index is 5.80. The number of nitrogens with zero attached hydrogens (tertiary/aromatic N) is 3. The molecule has 2 aliphatic rings. The molecule has 0 spiro atoms. The van der Waals surface area contributed by atoms with E-state index < -0.39 is 0 Å². The second-order valence-electron chi connectivity index (χ2n) is 8.56. The second-order valence-corrected chi connectivity index (χ2v) is 8.56. The Labute approximate surface area is 177 Å². The standard InChI is InChI=1S/C24H40N4O/c1-4-25-24(28-15-12-23(13-16-28)29-5-2)26-17-21-10-6-7-11-22(21)19-27-14-8-9-20(3)18-27/h6-7,10-11,20,23H,4-5,8-9,12-19H2,1-3H3,(H,25,26). The molecular formula is C24H40N4O. The number of nitrogens with one attached hydrogen (secondary N) is 1. The van der Waals surface area contributed by atoms with Gasteiger partial charge in [-0.05, 0) is 63.1 Å². The molecule has 1 aromatic carbocycles. The van der Waals surface area contributed by atoms with Crippen molar-refractivity contribution in [3.05, 3.63) is 35.4 Å². The summed E-state index contributed by atoms with van der Waals surface area (Å²) in [6.45, 7) is 14.6. The summed E-state index contributed by atoms with van der Waals surface area (Å²) in [6, 6.07) is 8.84. The van der Waals surface area contributed by atoms with Crippen LogP contribution in [0.3, 0.4) is 0 Å². The molecule has 0 amide bonds. The molecular weight excluding hydrogens is 360 g/mol. The molecule has 2 heterocycles. The number of aliphatic imine (C=N–C) groups is 1. The van der Waals surface area contributed by atoms with E-state index in [2.05, 4.69) is 60.2 Å². The molecule has 1 unspecified atom stereocenters. The van der Waals surface area contributed by atoms with E-state index in [9.17, 15) is 0 Å². The monoisotopic (exact) mass is 400 g/mol. The van der Waals surface area contributed by atoms with E-state index in [0.717, 1.165) is 64.0 Å². The normalized spacial score (nSPS) is 22.1. The first-order valence-corrected chi connectivity index (χ1v) is 11.6. The summed E-state index contributed by atoms with van der Waals surface area (Å²) in [4.78, 5) is 10.0. The summed E-state index contributed by atoms with van der Waals surface area (Å²) in [5.41, 5.74) is 2.78. The van der Waals surface area contributed by atoms with Gasteiger partial charge in [-0.15, -0.1) is 0 Å². The molecule has 0 aromatic heterocycles. The van der Waals surface area contributed by atoms with Crippen molar-refractivity contribution in [1.82, 2.24) is 15.1 Å². The van der Waals surface area contributed by atoms with Crippen LogP contribution in [0.1, 0.15) is 57.6 Å². The summed E-state index contributed by atoms with van der Waals surface area (Å²) in [5, 5.41) is 3.50. The lowest BCUT2D eigenvalue weighted by atomic mass is 9.99. The molecule has 162 valence electrons. The van der Waals surface area contributed by atoms with Gasteiger partial charge >= 0.3 is 0 Å². The molecule has 0 bridgehead atoms. The number of rotatable bonds is 7. The molecule has 2 saturated heterocycles. The van der Waals surface area contributed by atoms with E-state index in [1.54, 1.807) is 0 Å². The number of guanidine groups is 1. The first-order chi connectivity index (χ1) is 14.2. The number of hydrogen-bond acceptors (Lipinski definition) is 3. The maximum atomic E-state index is 5.80. The largest absolute Gasteiger partial charge is 0.378 e. The average molecular weight is 401 g/mol. The van der Waals surface area contributed by atoms with Gasteiger partial charge in [0.15, 0.2) is 5.96 Å². The molecule has 2 aliphatic heterocycles. The van der Waals surface area contributed by atoms with Gasteiger partial charge in [0.05, 0.1) is 12.6 Å². The highest BCUT2D eigenvalue weighted by Gasteiger charge is 2.22. The summed E-state index contributed by atoms with van der Waals surface area (Å²) in [5.74, 6) is 1.86. The first-order valence-electron chi connectivity index (χ1n) is 11.6. The molecule has 5 nitrogen and oxygen atoms in total. The highest BCUT2D eigenvalue weighted by molar-refractivity contribution is 5.80. The lowest BCUT2D eigenvalue weighted by molar-refractivity contribution is 0.0263. The van der Waals surface area contributed by atoms with Crippen molar-refractivity contribution < 1.29 is 4.74 Å². The van der Waals surface area contributed by atoms with Crippen molar-refractivity contribution in [1.29, 1.82) is 0 Å². The SMILES string of the molecule is CCNC(=NCc1ccccc1CN1CCCC(C)C1)N1CCC(OCC)CC1. The third-order valence-corrected chi connectivity index (χ3v) is 6.13. The van der Waals surface area contributed by atoms with E-state index in [1.807, 2.05) is 0 Å². The molecule has 2 fully saturated rings. The number of benzene rings is 1. The molecule has 0 aliphatic carbocycles. The summed E-state index contributed by atoms with van der Waals surface area (Å²) < 4.78 is 5.80. The van der Waals surface area contributed by atoms with Crippen LogP contribution in [0.5, 0.6) is 0 Å². The summed E-state index contributed by atoms with van der Waals surface area (Å²) in [7, 11) is 0. The summed E-state index contributed by atoms with van der Waals surface area (Å²) in [6.07, 6.45) is 5.27. The van der Waals surface area contributed by atoms with Gasteiger partial charge in [0, 0.05) is 39.3 Å². The van der Waals surface area contributed by atoms with Crippen LogP contribution in [0.2, 0.25) is 0 Å². The van der Waals surface area contributed by atoms with Crippen LogP contribution >= 0.6 is 0 Å². The van der Waals surface area contributed by atoms with Crippen molar-refractivity contribution in [2.24, 2.45) is 10.9 Å². The van der Waals surface area contributed by atoms with Crippen LogP contribution in [0.4, 0.5) is 0 Å². The highest BCUT2D eigenvalue weighted by Crippen LogP contribution is 2.20. The molecule has 1 N–H and O–H groups in total. The van der Waals surface area contributed by atoms with Gasteiger partial charge < -0.3 is 15.0 Å². The number of ether oxygens (including phenoxy) is 1. The van der Waals surface area contributed by atoms with Gasteiger partial charge in [-0.2, -0.15) is 0 Å². The molecule has 29 heavy (non-hydrogen) atoms. The van der Waals surface area contributed by atoms with E-state index in [-0.39, 0.29) is 0 Å². The van der Waals surface area contributed by atoms with E-state index in [1.165, 1.54) is 37.1 Å². The molecule has 0 saturated carbocycles.